The van der Waals surface area contributed by atoms with Crippen molar-refractivity contribution in [1.82, 2.24) is 5.43 Å². The number of para-hydroxylation sites is 1. The number of hydrogen-bond donors (Lipinski definition) is 2. The molecule has 68 valence electrons. The van der Waals surface area contributed by atoms with Gasteiger partial charge in [0.1, 0.15) is 4.71 Å². The molecule has 0 amide bonds. The van der Waals surface area contributed by atoms with Gasteiger partial charge in [0.25, 0.3) is 0 Å². The summed E-state index contributed by atoms with van der Waals surface area (Å²) in [7, 11) is 0. The molecule has 0 aromatic heterocycles. The van der Waals surface area contributed by atoms with E-state index in [1.165, 1.54) is 11.8 Å². The monoisotopic (exact) mass is 267 g/mol. The van der Waals surface area contributed by atoms with Gasteiger partial charge in [0, 0.05) is 0 Å². The molecule has 0 spiro atoms. The molecule has 0 bridgehead atoms. The Morgan fingerprint density at radius 3 is 2.50 bits per heavy atom. The number of benzene rings is 1. The van der Waals surface area contributed by atoms with Crippen molar-refractivity contribution in [3.8, 4) is 0 Å². The fourth-order valence-corrected chi connectivity index (χ4v) is 2.78. The van der Waals surface area contributed by atoms with Crippen LogP contribution in [0.2, 0.25) is 0 Å². The van der Waals surface area contributed by atoms with E-state index in [4.69, 9.17) is 12.2 Å². The van der Waals surface area contributed by atoms with Crippen LogP contribution >= 0.6 is 36.6 Å². The maximum Gasteiger partial charge on any atom is 1.00 e. The second-order valence-corrected chi connectivity index (χ2v) is 5.14. The van der Waals surface area contributed by atoms with E-state index >= 15 is 0 Å². The first-order chi connectivity index (χ1) is 6.27. The van der Waals surface area contributed by atoms with E-state index in [1.807, 2.05) is 35.3 Å². The molecule has 0 saturated carbocycles. The summed E-state index contributed by atoms with van der Waals surface area (Å²) in [6.07, 6.45) is 0. The minimum Gasteiger partial charge on any atom is -0.259 e. The fraction of sp³-hybridized carbons (Fsp3) is 0.125. The molecule has 1 saturated heterocycles. The average molecular weight is 267 g/mol. The average Bonchev–Trinajstić information content (AvgIpc) is 2.47. The summed E-state index contributed by atoms with van der Waals surface area (Å²) < 4.78 is 0.874. The van der Waals surface area contributed by atoms with E-state index in [0.29, 0.717) is 0 Å². The zero-order chi connectivity index (χ0) is 9.26. The number of nitrogens with one attached hydrogen (secondary N) is 1. The molecule has 1 fully saturated rings. The van der Waals surface area contributed by atoms with Gasteiger partial charge in [-0.25, -0.2) is 5.43 Å². The molecule has 1 aromatic rings. The minimum atomic E-state index is 0. The van der Waals surface area contributed by atoms with E-state index in [0.717, 1.165) is 10.0 Å². The molecule has 1 aliphatic rings. The van der Waals surface area contributed by atoms with Crippen LogP contribution in [0.4, 0.5) is 5.69 Å². The van der Waals surface area contributed by atoms with Crippen LogP contribution in [0.25, 0.3) is 0 Å². The molecule has 6 heteroatoms. The second-order valence-electron chi connectivity index (χ2n) is 2.54. The molecule has 1 aromatic carbocycles. The van der Waals surface area contributed by atoms with E-state index in [1.54, 1.807) is 0 Å². The molecular weight excluding hydrogens is 259 g/mol. The van der Waals surface area contributed by atoms with Crippen LogP contribution in [0.3, 0.4) is 0 Å². The van der Waals surface area contributed by atoms with Gasteiger partial charge >= 0.3 is 51.4 Å². The van der Waals surface area contributed by atoms with Crippen LogP contribution < -0.4 is 61.8 Å². The molecule has 0 radical (unpaired) electrons. The molecule has 1 aliphatic heterocycles. The van der Waals surface area contributed by atoms with Crippen molar-refractivity contribution in [3.05, 3.63) is 30.3 Å². The summed E-state index contributed by atoms with van der Waals surface area (Å²) in [4.78, 5) is 0. The van der Waals surface area contributed by atoms with Crippen LogP contribution in [0.15, 0.2) is 30.3 Å². The molecule has 1 heterocycles. The van der Waals surface area contributed by atoms with Gasteiger partial charge in [0.15, 0.2) is 4.32 Å². The quantitative estimate of drug-likeness (QED) is 0.395. The SMILES string of the molecule is S=C1SC(S)NN1c1ccccc1.[K+]. The van der Waals surface area contributed by atoms with E-state index < -0.39 is 0 Å². The zero-order valence-electron chi connectivity index (χ0n) is 7.68. The summed E-state index contributed by atoms with van der Waals surface area (Å²) in [6.45, 7) is 0. The van der Waals surface area contributed by atoms with Gasteiger partial charge in [-0.3, -0.25) is 5.01 Å². The third-order valence-electron chi connectivity index (χ3n) is 1.65. The number of thiol groups is 1. The topological polar surface area (TPSA) is 15.3 Å². The van der Waals surface area contributed by atoms with Crippen LogP contribution in [-0.2, 0) is 0 Å². The van der Waals surface area contributed by atoms with Gasteiger partial charge in [-0.05, 0) is 12.1 Å². The number of thiocarbonyl (C=S) groups is 1. The first kappa shape index (κ1) is 13.5. The molecular formula is C8H8KN2S3+. The summed E-state index contributed by atoms with van der Waals surface area (Å²) in [5.41, 5.74) is 4.19. The third-order valence-corrected chi connectivity index (χ3v) is 3.26. The Morgan fingerprint density at radius 1 is 1.36 bits per heavy atom. The summed E-state index contributed by atoms with van der Waals surface area (Å²) >= 11 is 11.0. The number of hydrogen-bond acceptors (Lipinski definition) is 4. The van der Waals surface area contributed by atoms with Crippen molar-refractivity contribution < 1.29 is 51.4 Å². The van der Waals surface area contributed by atoms with Gasteiger partial charge in [-0.15, -0.1) is 12.6 Å². The van der Waals surface area contributed by atoms with Crippen molar-refractivity contribution in [1.29, 1.82) is 0 Å². The standard InChI is InChI=1S/C8H8N2S3.K/c11-7-9-10(8(12)13-7)6-4-2-1-3-5-6;/h1-5,7,9,11H;/q;+1. The molecule has 1 N–H and O–H groups in total. The van der Waals surface area contributed by atoms with Crippen molar-refractivity contribution in [2.75, 3.05) is 5.01 Å². The maximum atomic E-state index is 5.18. The Labute approximate surface area is 141 Å². The molecule has 0 aliphatic carbocycles. The largest absolute Gasteiger partial charge is 1.00 e. The Hall–Kier alpha value is 1.41. The van der Waals surface area contributed by atoms with Gasteiger partial charge < -0.3 is 0 Å². The number of hydrazine groups is 1. The number of anilines is 1. The fourth-order valence-electron chi connectivity index (χ4n) is 1.09. The van der Waals surface area contributed by atoms with Crippen LogP contribution in [0.1, 0.15) is 0 Å². The normalized spacial score (nSPS) is 20.8. The molecule has 2 nitrogen and oxygen atoms in total. The molecule has 14 heavy (non-hydrogen) atoms. The second kappa shape index (κ2) is 6.22. The Balaban J connectivity index is 0.000000980. The first-order valence-electron chi connectivity index (χ1n) is 3.77. The third kappa shape index (κ3) is 3.20. The van der Waals surface area contributed by atoms with Gasteiger partial charge in [0.2, 0.25) is 0 Å². The smallest absolute Gasteiger partial charge is 0.259 e. The molecule has 1 atom stereocenters. The molecule has 2 rings (SSSR count). The van der Waals surface area contributed by atoms with Gasteiger partial charge in [-0.1, -0.05) is 42.2 Å². The Kier molecular flexibility index (Phi) is 5.98. The Bertz CT molecular complexity index is 320. The zero-order valence-corrected chi connectivity index (χ0v) is 13.3. The van der Waals surface area contributed by atoms with E-state index in [2.05, 4.69) is 18.1 Å². The van der Waals surface area contributed by atoms with Crippen molar-refractivity contribution >= 4 is 46.6 Å². The maximum absolute atomic E-state index is 5.18. The molecule has 1 unspecified atom stereocenters. The number of rotatable bonds is 1. The summed E-state index contributed by atoms with van der Waals surface area (Å²) in [5, 5.41) is 1.87. The predicted octanol–water partition coefficient (Wildman–Crippen LogP) is -0.753. The van der Waals surface area contributed by atoms with Crippen LogP contribution in [-0.4, -0.2) is 9.03 Å². The van der Waals surface area contributed by atoms with Crippen molar-refractivity contribution in [2.24, 2.45) is 0 Å². The van der Waals surface area contributed by atoms with E-state index in [9.17, 15) is 0 Å². The Morgan fingerprint density at radius 2 is 2.00 bits per heavy atom. The van der Waals surface area contributed by atoms with Crippen molar-refractivity contribution in [2.45, 2.75) is 4.71 Å². The van der Waals surface area contributed by atoms with Crippen LogP contribution in [0.5, 0.6) is 0 Å². The first-order valence-corrected chi connectivity index (χ1v) is 5.58. The minimum absolute atomic E-state index is 0. The van der Waals surface area contributed by atoms with E-state index in [-0.39, 0.29) is 56.1 Å². The van der Waals surface area contributed by atoms with Crippen molar-refractivity contribution in [3.63, 3.8) is 0 Å². The number of nitrogens with zero attached hydrogens (tertiary/aromatic N) is 1. The number of thioether (sulfide) groups is 1. The summed E-state index contributed by atoms with van der Waals surface area (Å²) in [5.74, 6) is 0. The summed E-state index contributed by atoms with van der Waals surface area (Å²) in [6, 6.07) is 9.96. The van der Waals surface area contributed by atoms with Gasteiger partial charge in [-0.2, -0.15) is 0 Å². The predicted molar refractivity (Wildman–Crippen MR) is 65.0 cm³/mol. The van der Waals surface area contributed by atoms with Gasteiger partial charge in [0.05, 0.1) is 5.69 Å². The van der Waals surface area contributed by atoms with Crippen LogP contribution in [0, 0.1) is 0 Å².